The zero-order chi connectivity index (χ0) is 12.1. The molecule has 0 spiro atoms. The Labute approximate surface area is 101 Å². The van der Waals surface area contributed by atoms with Crippen LogP contribution in [0.3, 0.4) is 0 Å². The van der Waals surface area contributed by atoms with Crippen molar-refractivity contribution in [2.24, 2.45) is 0 Å². The van der Waals surface area contributed by atoms with Crippen molar-refractivity contribution >= 4 is 21.9 Å². The molecule has 0 fully saturated rings. The molecule has 0 saturated carbocycles. The number of nitriles is 1. The Hall–Kier alpha value is -1.41. The Bertz CT molecular complexity index is 454. The lowest BCUT2D eigenvalue weighted by Gasteiger charge is -2.06. The van der Waals surface area contributed by atoms with E-state index in [0.29, 0.717) is 5.56 Å². The molecule has 16 heavy (non-hydrogen) atoms. The first-order valence-electron chi connectivity index (χ1n) is 4.59. The predicted octanol–water partition coefficient (Wildman–Crippen LogP) is 2.77. The summed E-state index contributed by atoms with van der Waals surface area (Å²) in [6.07, 6.45) is 0. The molecule has 1 aromatic carbocycles. The summed E-state index contributed by atoms with van der Waals surface area (Å²) in [7, 11) is 0. The summed E-state index contributed by atoms with van der Waals surface area (Å²) >= 11 is 3.10. The first-order valence-corrected chi connectivity index (χ1v) is 5.71. The number of carbonyl (C=O) groups is 1. The molecule has 0 saturated heterocycles. The minimum Gasteiger partial charge on any atom is -0.462 e. The molecule has 1 rings (SSSR count). The van der Waals surface area contributed by atoms with Crippen LogP contribution in [0.15, 0.2) is 12.1 Å². The van der Waals surface area contributed by atoms with Gasteiger partial charge in [0.25, 0.3) is 0 Å². The van der Waals surface area contributed by atoms with Gasteiger partial charge in [-0.1, -0.05) is 15.9 Å². The van der Waals surface area contributed by atoms with Gasteiger partial charge in [0.15, 0.2) is 0 Å². The number of rotatable bonds is 3. The highest BCUT2D eigenvalue weighted by Crippen LogP contribution is 2.18. The summed E-state index contributed by atoms with van der Waals surface area (Å²) in [5, 5.41) is 9.06. The monoisotopic (exact) mass is 285 g/mol. The molecule has 3 nitrogen and oxygen atoms in total. The molecule has 5 heteroatoms. The second-order valence-electron chi connectivity index (χ2n) is 2.96. The van der Waals surface area contributed by atoms with Crippen LogP contribution in [0.4, 0.5) is 4.39 Å². The van der Waals surface area contributed by atoms with E-state index >= 15 is 0 Å². The molecular weight excluding hydrogens is 277 g/mol. The van der Waals surface area contributed by atoms with Crippen molar-refractivity contribution in [3.8, 4) is 6.07 Å². The van der Waals surface area contributed by atoms with Gasteiger partial charge < -0.3 is 4.74 Å². The molecule has 0 radical (unpaired) electrons. The van der Waals surface area contributed by atoms with Crippen LogP contribution in [0, 0.1) is 17.1 Å². The number of hydrogen-bond donors (Lipinski definition) is 0. The second kappa shape index (κ2) is 5.61. The maximum atomic E-state index is 13.3. The Balaban J connectivity index is 3.26. The molecule has 0 unspecified atom stereocenters. The van der Waals surface area contributed by atoms with Crippen LogP contribution in [0.5, 0.6) is 0 Å². The molecule has 0 heterocycles. The Kier molecular flexibility index (Phi) is 4.44. The zero-order valence-corrected chi connectivity index (χ0v) is 10.2. The van der Waals surface area contributed by atoms with E-state index < -0.39 is 11.8 Å². The summed E-state index contributed by atoms with van der Waals surface area (Å²) in [6, 6.07) is 4.15. The van der Waals surface area contributed by atoms with Crippen LogP contribution in [0.1, 0.15) is 28.4 Å². The van der Waals surface area contributed by atoms with Crippen molar-refractivity contribution in [2.45, 2.75) is 12.3 Å². The van der Waals surface area contributed by atoms with Crippen molar-refractivity contribution in [2.75, 3.05) is 6.61 Å². The molecule has 0 aliphatic carbocycles. The van der Waals surface area contributed by atoms with Crippen LogP contribution in [-0.2, 0) is 10.1 Å². The molecule has 0 bridgehead atoms. The Morgan fingerprint density at radius 3 is 2.81 bits per heavy atom. The number of esters is 1. The molecule has 84 valence electrons. The van der Waals surface area contributed by atoms with Crippen LogP contribution >= 0.6 is 15.9 Å². The number of hydrogen-bond acceptors (Lipinski definition) is 3. The highest BCUT2D eigenvalue weighted by molar-refractivity contribution is 9.08. The summed E-state index contributed by atoms with van der Waals surface area (Å²) in [4.78, 5) is 11.5. The van der Waals surface area contributed by atoms with Gasteiger partial charge in [-0.15, -0.1) is 0 Å². The molecule has 0 amide bonds. The van der Waals surface area contributed by atoms with Gasteiger partial charge in [-0.3, -0.25) is 0 Å². The van der Waals surface area contributed by atoms with Crippen molar-refractivity contribution in [3.63, 3.8) is 0 Å². The molecule has 0 atom stereocenters. The lowest BCUT2D eigenvalue weighted by atomic mass is 10.0. The van der Waals surface area contributed by atoms with E-state index in [4.69, 9.17) is 10.00 Å². The van der Waals surface area contributed by atoms with E-state index in [9.17, 15) is 9.18 Å². The van der Waals surface area contributed by atoms with E-state index in [1.54, 1.807) is 13.0 Å². The van der Waals surface area contributed by atoms with Crippen molar-refractivity contribution in [1.82, 2.24) is 0 Å². The van der Waals surface area contributed by atoms with Gasteiger partial charge in [-0.25, -0.2) is 9.18 Å². The number of carbonyl (C=O) groups excluding carboxylic acids is 1. The van der Waals surface area contributed by atoms with E-state index in [1.807, 2.05) is 0 Å². The van der Waals surface area contributed by atoms with Gasteiger partial charge in [0.1, 0.15) is 11.9 Å². The number of nitrogens with zero attached hydrogens (tertiary/aromatic N) is 1. The molecular formula is C11H9BrFNO2. The van der Waals surface area contributed by atoms with Gasteiger partial charge in [-0.2, -0.15) is 5.26 Å². The third kappa shape index (κ3) is 2.58. The molecule has 0 aliphatic rings. The van der Waals surface area contributed by atoms with E-state index in [0.717, 1.165) is 6.07 Å². The summed E-state index contributed by atoms with van der Waals surface area (Å²) in [5.74, 6) is -1.12. The second-order valence-corrected chi connectivity index (χ2v) is 3.52. The number of halogens is 2. The smallest absolute Gasteiger partial charge is 0.339 e. The third-order valence-corrected chi connectivity index (χ3v) is 2.55. The predicted molar refractivity (Wildman–Crippen MR) is 59.7 cm³/mol. The standard InChI is InChI=1S/C11H9BrFNO2/c1-2-16-11(15)9-3-7(5-12)10(13)4-8(9)6-14/h3-4H,2,5H2,1H3. The van der Waals surface area contributed by atoms with Crippen LogP contribution in [0.2, 0.25) is 0 Å². The van der Waals surface area contributed by atoms with Gasteiger partial charge in [0, 0.05) is 5.33 Å². The first kappa shape index (κ1) is 12.7. The van der Waals surface area contributed by atoms with Gasteiger partial charge in [0.2, 0.25) is 0 Å². The van der Waals surface area contributed by atoms with Crippen molar-refractivity contribution < 1.29 is 13.9 Å². The lowest BCUT2D eigenvalue weighted by molar-refractivity contribution is 0.0526. The number of ether oxygens (including phenoxy) is 1. The molecule has 0 N–H and O–H groups in total. The van der Waals surface area contributed by atoms with Crippen LogP contribution in [0.25, 0.3) is 0 Å². The first-order chi connectivity index (χ1) is 7.63. The highest BCUT2D eigenvalue weighted by atomic mass is 79.9. The Morgan fingerprint density at radius 1 is 1.62 bits per heavy atom. The van der Waals surface area contributed by atoms with Gasteiger partial charge in [-0.05, 0) is 24.6 Å². The summed E-state index contributed by atoms with van der Waals surface area (Å²) in [6.45, 7) is 1.88. The molecule has 1 aromatic rings. The lowest BCUT2D eigenvalue weighted by Crippen LogP contribution is -2.08. The van der Waals surface area contributed by atoms with Gasteiger partial charge in [0.05, 0.1) is 17.7 Å². The van der Waals surface area contributed by atoms with Crippen LogP contribution in [-0.4, -0.2) is 12.6 Å². The van der Waals surface area contributed by atoms with Crippen LogP contribution < -0.4 is 0 Å². The molecule has 0 aliphatic heterocycles. The zero-order valence-electron chi connectivity index (χ0n) is 8.59. The molecule has 0 aromatic heterocycles. The largest absolute Gasteiger partial charge is 0.462 e. The average Bonchev–Trinajstić information content (AvgIpc) is 2.28. The average molecular weight is 286 g/mol. The van der Waals surface area contributed by atoms with E-state index in [-0.39, 0.29) is 23.1 Å². The maximum absolute atomic E-state index is 13.3. The number of alkyl halides is 1. The van der Waals surface area contributed by atoms with Crippen molar-refractivity contribution in [1.29, 1.82) is 5.26 Å². The van der Waals surface area contributed by atoms with E-state index in [2.05, 4.69) is 15.9 Å². The Morgan fingerprint density at radius 2 is 2.31 bits per heavy atom. The quantitative estimate of drug-likeness (QED) is 0.634. The topological polar surface area (TPSA) is 50.1 Å². The minimum atomic E-state index is -0.610. The fourth-order valence-electron chi connectivity index (χ4n) is 1.19. The minimum absolute atomic E-state index is 0.0133. The van der Waals surface area contributed by atoms with Crippen molar-refractivity contribution in [3.05, 3.63) is 34.6 Å². The summed E-state index contributed by atoms with van der Waals surface area (Å²) < 4.78 is 18.1. The fourth-order valence-corrected chi connectivity index (χ4v) is 1.62. The fraction of sp³-hybridized carbons (Fsp3) is 0.273. The van der Waals surface area contributed by atoms with E-state index in [1.165, 1.54) is 6.07 Å². The summed E-state index contributed by atoms with van der Waals surface area (Å²) in [5.41, 5.74) is 0.405. The van der Waals surface area contributed by atoms with Gasteiger partial charge >= 0.3 is 5.97 Å². The maximum Gasteiger partial charge on any atom is 0.339 e. The number of benzene rings is 1. The SMILES string of the molecule is CCOC(=O)c1cc(CBr)c(F)cc1C#N. The third-order valence-electron chi connectivity index (χ3n) is 1.95. The normalized spacial score (nSPS) is 9.62. The highest BCUT2D eigenvalue weighted by Gasteiger charge is 2.16.